The molecular formula is C14H19N3O4. The van der Waals surface area contributed by atoms with Crippen molar-refractivity contribution in [1.29, 1.82) is 0 Å². The summed E-state index contributed by atoms with van der Waals surface area (Å²) in [4.78, 5) is 24.2. The number of ether oxygens (including phenoxy) is 2. The molecule has 0 saturated heterocycles. The van der Waals surface area contributed by atoms with Gasteiger partial charge in [-0.15, -0.1) is 0 Å². The summed E-state index contributed by atoms with van der Waals surface area (Å²) in [6, 6.07) is 4.34. The fourth-order valence-corrected chi connectivity index (χ4v) is 2.04. The van der Waals surface area contributed by atoms with Crippen LogP contribution < -0.4 is 20.5 Å². The summed E-state index contributed by atoms with van der Waals surface area (Å²) in [5.74, 6) is 1.01. The van der Waals surface area contributed by atoms with E-state index in [1.165, 1.54) is 0 Å². The fraction of sp³-hybridized carbons (Fsp3) is 0.429. The monoisotopic (exact) mass is 293 g/mol. The number of carbonyl (C=O) groups is 2. The molecule has 0 radical (unpaired) electrons. The molecule has 1 atom stereocenters. The molecule has 21 heavy (non-hydrogen) atoms. The van der Waals surface area contributed by atoms with Crippen molar-refractivity contribution in [2.75, 3.05) is 20.3 Å². The lowest BCUT2D eigenvalue weighted by atomic mass is 10.1. The number of likely N-dealkylation sites (N-methyl/N-ethyl adjacent to an activating group) is 1. The molecule has 7 nitrogen and oxygen atoms in total. The van der Waals surface area contributed by atoms with E-state index < -0.39 is 18.0 Å². The summed E-state index contributed by atoms with van der Waals surface area (Å²) in [5, 5.41) is 2.07. The third-order valence-corrected chi connectivity index (χ3v) is 3.33. The van der Waals surface area contributed by atoms with Crippen molar-refractivity contribution in [2.45, 2.75) is 19.5 Å². The van der Waals surface area contributed by atoms with Crippen LogP contribution in [-0.2, 0) is 11.3 Å². The van der Waals surface area contributed by atoms with Crippen molar-refractivity contribution in [3.8, 4) is 11.5 Å². The Morgan fingerprint density at radius 1 is 1.33 bits per heavy atom. The van der Waals surface area contributed by atoms with Gasteiger partial charge in [0.25, 0.3) is 0 Å². The maximum absolute atomic E-state index is 11.7. The number of hydrogen-bond acceptors (Lipinski definition) is 5. The number of hydrogen-bond donors (Lipinski definition) is 2. The summed E-state index contributed by atoms with van der Waals surface area (Å²) < 4.78 is 11.0. The Morgan fingerprint density at radius 3 is 2.67 bits per heavy atom. The molecule has 1 aromatic rings. The maximum atomic E-state index is 11.7. The first kappa shape index (κ1) is 15.1. The normalized spacial score (nSPS) is 14.6. The van der Waals surface area contributed by atoms with Crippen molar-refractivity contribution < 1.29 is 19.1 Å². The summed E-state index contributed by atoms with van der Waals surface area (Å²) in [5.41, 5.74) is 5.93. The molecule has 0 saturated carbocycles. The average molecular weight is 293 g/mol. The molecule has 2 rings (SSSR count). The highest BCUT2D eigenvalue weighted by atomic mass is 16.6. The Balaban J connectivity index is 2.00. The van der Waals surface area contributed by atoms with E-state index in [0.29, 0.717) is 25.5 Å². The quantitative estimate of drug-likeness (QED) is 0.841. The van der Waals surface area contributed by atoms with Gasteiger partial charge >= 0.3 is 6.03 Å². The molecule has 1 heterocycles. The number of imide groups is 1. The Hall–Kier alpha value is -2.28. The highest BCUT2D eigenvalue weighted by molar-refractivity contribution is 5.96. The number of urea groups is 1. The van der Waals surface area contributed by atoms with Gasteiger partial charge in [0, 0.05) is 6.54 Å². The minimum atomic E-state index is -0.848. The van der Waals surface area contributed by atoms with Gasteiger partial charge in [0.2, 0.25) is 5.91 Å². The van der Waals surface area contributed by atoms with Crippen LogP contribution >= 0.6 is 0 Å². The number of nitrogens with two attached hydrogens (primary N) is 1. The Bertz CT molecular complexity index is 547. The number of primary amides is 1. The molecule has 1 aliphatic heterocycles. The van der Waals surface area contributed by atoms with Gasteiger partial charge < -0.3 is 15.2 Å². The van der Waals surface area contributed by atoms with Crippen LogP contribution in [0.2, 0.25) is 0 Å². The zero-order valence-electron chi connectivity index (χ0n) is 12.1. The van der Waals surface area contributed by atoms with Gasteiger partial charge in [0.05, 0.1) is 6.04 Å². The molecule has 7 heteroatoms. The number of benzene rings is 1. The molecule has 0 aliphatic carbocycles. The molecule has 3 N–H and O–H groups in total. The first-order chi connectivity index (χ1) is 9.97. The van der Waals surface area contributed by atoms with Crippen molar-refractivity contribution in [2.24, 2.45) is 5.73 Å². The van der Waals surface area contributed by atoms with Crippen LogP contribution in [0.3, 0.4) is 0 Å². The highest BCUT2D eigenvalue weighted by Gasteiger charge is 2.20. The largest absolute Gasteiger partial charge is 0.486 e. The van der Waals surface area contributed by atoms with Crippen LogP contribution in [0.15, 0.2) is 18.2 Å². The third-order valence-electron chi connectivity index (χ3n) is 3.33. The predicted molar refractivity (Wildman–Crippen MR) is 76.1 cm³/mol. The van der Waals surface area contributed by atoms with E-state index in [9.17, 15) is 9.59 Å². The lowest BCUT2D eigenvalue weighted by Crippen LogP contribution is -2.46. The fourth-order valence-electron chi connectivity index (χ4n) is 2.04. The number of carbonyl (C=O) groups excluding carboxylic acids is 2. The van der Waals surface area contributed by atoms with Crippen LogP contribution in [0.1, 0.15) is 12.5 Å². The van der Waals surface area contributed by atoms with E-state index in [0.717, 1.165) is 11.3 Å². The van der Waals surface area contributed by atoms with Gasteiger partial charge in [-0.3, -0.25) is 15.0 Å². The van der Waals surface area contributed by atoms with Crippen molar-refractivity contribution >= 4 is 11.9 Å². The molecule has 3 amide bonds. The van der Waals surface area contributed by atoms with Crippen molar-refractivity contribution in [3.63, 3.8) is 0 Å². The smallest absolute Gasteiger partial charge is 0.318 e. The molecule has 0 spiro atoms. The van der Waals surface area contributed by atoms with Gasteiger partial charge in [-0.1, -0.05) is 6.07 Å². The minimum absolute atomic E-state index is 0.428. The molecule has 0 bridgehead atoms. The van der Waals surface area contributed by atoms with E-state index >= 15 is 0 Å². The topological polar surface area (TPSA) is 93.9 Å². The number of rotatable bonds is 4. The second-order valence-corrected chi connectivity index (χ2v) is 4.92. The summed E-state index contributed by atoms with van der Waals surface area (Å²) >= 11 is 0. The number of nitrogens with one attached hydrogen (secondary N) is 1. The maximum Gasteiger partial charge on any atom is 0.318 e. The molecule has 0 aromatic heterocycles. The molecule has 1 aromatic carbocycles. The van der Waals surface area contributed by atoms with E-state index in [-0.39, 0.29) is 0 Å². The van der Waals surface area contributed by atoms with Crippen LogP contribution in [0.5, 0.6) is 11.5 Å². The highest BCUT2D eigenvalue weighted by Crippen LogP contribution is 2.31. The third kappa shape index (κ3) is 3.85. The average Bonchev–Trinajstić information content (AvgIpc) is 2.45. The Kier molecular flexibility index (Phi) is 4.64. The van der Waals surface area contributed by atoms with Crippen LogP contribution in [-0.4, -0.2) is 43.1 Å². The van der Waals surface area contributed by atoms with E-state index in [2.05, 4.69) is 5.32 Å². The zero-order valence-corrected chi connectivity index (χ0v) is 12.1. The molecule has 1 aliphatic rings. The Labute approximate surface area is 123 Å². The minimum Gasteiger partial charge on any atom is -0.486 e. The van der Waals surface area contributed by atoms with Crippen LogP contribution in [0.4, 0.5) is 4.79 Å². The zero-order chi connectivity index (χ0) is 15.4. The van der Waals surface area contributed by atoms with E-state index in [4.69, 9.17) is 15.2 Å². The molecule has 0 unspecified atom stereocenters. The summed E-state index contributed by atoms with van der Waals surface area (Å²) in [7, 11) is 1.79. The molecular weight excluding hydrogens is 274 g/mol. The molecule has 0 fully saturated rings. The van der Waals surface area contributed by atoms with Gasteiger partial charge in [-0.05, 0) is 31.7 Å². The SMILES string of the molecule is C[C@H](C(=O)NC(N)=O)N(C)Cc1ccc2c(c1)OCCO2. The Morgan fingerprint density at radius 2 is 2.00 bits per heavy atom. The number of fused-ring (bicyclic) bond motifs is 1. The lowest BCUT2D eigenvalue weighted by molar-refractivity contribution is -0.124. The van der Waals surface area contributed by atoms with Gasteiger partial charge in [0.15, 0.2) is 11.5 Å². The second kappa shape index (κ2) is 6.45. The van der Waals surface area contributed by atoms with Crippen molar-refractivity contribution in [3.05, 3.63) is 23.8 Å². The van der Waals surface area contributed by atoms with E-state index in [1.807, 2.05) is 23.1 Å². The van der Waals surface area contributed by atoms with Crippen molar-refractivity contribution in [1.82, 2.24) is 10.2 Å². The van der Waals surface area contributed by atoms with Crippen LogP contribution in [0.25, 0.3) is 0 Å². The lowest BCUT2D eigenvalue weighted by Gasteiger charge is -2.24. The van der Waals surface area contributed by atoms with Gasteiger partial charge in [-0.2, -0.15) is 0 Å². The predicted octanol–water partition coefficient (Wildman–Crippen LogP) is 0.473. The first-order valence-electron chi connectivity index (χ1n) is 6.66. The van der Waals surface area contributed by atoms with E-state index in [1.54, 1.807) is 14.0 Å². The summed E-state index contributed by atoms with van der Waals surface area (Å²) in [6.45, 7) is 3.32. The number of nitrogens with zero attached hydrogens (tertiary/aromatic N) is 1. The molecule has 114 valence electrons. The van der Waals surface area contributed by atoms with Gasteiger partial charge in [-0.25, -0.2) is 4.79 Å². The first-order valence-corrected chi connectivity index (χ1v) is 6.66. The van der Waals surface area contributed by atoms with Gasteiger partial charge in [0.1, 0.15) is 13.2 Å². The second-order valence-electron chi connectivity index (χ2n) is 4.92. The van der Waals surface area contributed by atoms with Crippen LogP contribution in [0, 0.1) is 0 Å². The standard InChI is InChI=1S/C14H19N3O4/c1-9(13(18)16-14(15)19)17(2)8-10-3-4-11-12(7-10)21-6-5-20-11/h3-4,7,9H,5-6,8H2,1-2H3,(H3,15,16,18,19)/t9-/m1/s1. The summed E-state index contributed by atoms with van der Waals surface area (Å²) in [6.07, 6.45) is 0. The number of amides is 3.